The number of hydrogen-bond acceptors (Lipinski definition) is 4. The van der Waals surface area contributed by atoms with E-state index in [-0.39, 0.29) is 5.91 Å². The summed E-state index contributed by atoms with van der Waals surface area (Å²) in [6, 6.07) is 13.0. The van der Waals surface area contributed by atoms with Crippen molar-refractivity contribution in [2.75, 3.05) is 25.5 Å². The number of aryl methyl sites for hydroxylation is 1. The van der Waals surface area contributed by atoms with Gasteiger partial charge in [-0.1, -0.05) is 11.6 Å². The highest BCUT2D eigenvalue weighted by atomic mass is 35.5. The standard InChI is InChI=1S/C21H22ClN3O2/c1-14-12-15(4-7-20(14)27-2)21(26)25-10-3-9-23-18-8-11-24-19-13-16(22)5-6-17(18)19/h4-8,11-13H,3,9-10H2,1-2H3,(H,23,24)(H,25,26). The Labute approximate surface area is 163 Å². The Kier molecular flexibility index (Phi) is 6.14. The highest BCUT2D eigenvalue weighted by Gasteiger charge is 2.07. The van der Waals surface area contributed by atoms with Crippen LogP contribution in [0.4, 0.5) is 5.69 Å². The van der Waals surface area contributed by atoms with Crippen LogP contribution in [0.5, 0.6) is 5.75 Å². The molecule has 0 aliphatic carbocycles. The van der Waals surface area contributed by atoms with E-state index in [1.165, 1.54) is 0 Å². The highest BCUT2D eigenvalue weighted by Crippen LogP contribution is 2.24. The second-order valence-electron chi connectivity index (χ2n) is 6.24. The fourth-order valence-corrected chi connectivity index (χ4v) is 3.08. The van der Waals surface area contributed by atoms with Crippen LogP contribution in [0.3, 0.4) is 0 Å². The molecule has 27 heavy (non-hydrogen) atoms. The van der Waals surface area contributed by atoms with Gasteiger partial charge in [0.15, 0.2) is 0 Å². The Morgan fingerprint density at radius 1 is 1.15 bits per heavy atom. The summed E-state index contributed by atoms with van der Waals surface area (Å²) in [6.07, 6.45) is 2.56. The number of hydrogen-bond donors (Lipinski definition) is 2. The summed E-state index contributed by atoms with van der Waals surface area (Å²) < 4.78 is 5.22. The minimum atomic E-state index is -0.0789. The molecule has 1 aromatic heterocycles. The van der Waals surface area contributed by atoms with E-state index >= 15 is 0 Å². The smallest absolute Gasteiger partial charge is 0.251 e. The van der Waals surface area contributed by atoms with Gasteiger partial charge in [0, 0.05) is 40.9 Å². The molecule has 0 aliphatic rings. The molecule has 3 aromatic rings. The zero-order valence-electron chi connectivity index (χ0n) is 15.4. The molecule has 0 unspecified atom stereocenters. The van der Waals surface area contributed by atoms with Gasteiger partial charge >= 0.3 is 0 Å². The van der Waals surface area contributed by atoms with Crippen LogP contribution in [0.15, 0.2) is 48.7 Å². The number of nitrogens with one attached hydrogen (secondary N) is 2. The predicted octanol–water partition coefficient (Wildman–Crippen LogP) is 4.44. The molecular weight excluding hydrogens is 362 g/mol. The number of ether oxygens (including phenoxy) is 1. The minimum Gasteiger partial charge on any atom is -0.496 e. The molecule has 0 spiro atoms. The largest absolute Gasteiger partial charge is 0.496 e. The van der Waals surface area contributed by atoms with Gasteiger partial charge in [-0.15, -0.1) is 0 Å². The first-order valence-corrected chi connectivity index (χ1v) is 9.17. The summed E-state index contributed by atoms with van der Waals surface area (Å²) >= 11 is 6.02. The van der Waals surface area contributed by atoms with Crippen molar-refractivity contribution in [2.24, 2.45) is 0 Å². The van der Waals surface area contributed by atoms with Gasteiger partial charge in [-0.3, -0.25) is 9.78 Å². The number of halogens is 1. The molecule has 5 nitrogen and oxygen atoms in total. The predicted molar refractivity (Wildman–Crippen MR) is 110 cm³/mol. The molecule has 0 bridgehead atoms. The van der Waals surface area contributed by atoms with Gasteiger partial charge < -0.3 is 15.4 Å². The van der Waals surface area contributed by atoms with E-state index in [1.807, 2.05) is 43.3 Å². The lowest BCUT2D eigenvalue weighted by Crippen LogP contribution is -2.25. The lowest BCUT2D eigenvalue weighted by Gasteiger charge is -2.11. The maximum atomic E-state index is 12.2. The lowest BCUT2D eigenvalue weighted by molar-refractivity contribution is 0.0953. The number of nitrogens with zero attached hydrogens (tertiary/aromatic N) is 1. The number of carbonyl (C=O) groups is 1. The summed E-state index contributed by atoms with van der Waals surface area (Å²) in [4.78, 5) is 16.6. The number of fused-ring (bicyclic) bond motifs is 1. The van der Waals surface area contributed by atoms with Gasteiger partial charge in [0.05, 0.1) is 12.6 Å². The first-order valence-electron chi connectivity index (χ1n) is 8.79. The number of methoxy groups -OCH3 is 1. The molecule has 3 rings (SSSR count). The second kappa shape index (κ2) is 8.73. The van der Waals surface area contributed by atoms with Crippen LogP contribution < -0.4 is 15.4 Å². The summed E-state index contributed by atoms with van der Waals surface area (Å²) in [6.45, 7) is 3.25. The maximum Gasteiger partial charge on any atom is 0.251 e. The molecule has 140 valence electrons. The molecule has 0 radical (unpaired) electrons. The number of benzene rings is 2. The molecule has 0 saturated heterocycles. The van der Waals surface area contributed by atoms with E-state index in [0.717, 1.165) is 40.9 Å². The number of aromatic nitrogens is 1. The molecule has 0 fully saturated rings. The molecular formula is C21H22ClN3O2. The summed E-state index contributed by atoms with van der Waals surface area (Å²) in [5.41, 5.74) is 3.44. The van der Waals surface area contributed by atoms with Crippen molar-refractivity contribution in [3.8, 4) is 5.75 Å². The molecule has 1 heterocycles. The Balaban J connectivity index is 1.49. The topological polar surface area (TPSA) is 63.2 Å². The number of carbonyl (C=O) groups excluding carboxylic acids is 1. The van der Waals surface area contributed by atoms with E-state index in [0.29, 0.717) is 17.1 Å². The molecule has 0 saturated carbocycles. The van der Waals surface area contributed by atoms with Crippen molar-refractivity contribution in [1.82, 2.24) is 10.3 Å². The van der Waals surface area contributed by atoms with Gasteiger partial charge in [0.25, 0.3) is 5.91 Å². The van der Waals surface area contributed by atoms with Crippen LogP contribution in [-0.4, -0.2) is 31.1 Å². The molecule has 2 N–H and O–H groups in total. The third-order valence-electron chi connectivity index (χ3n) is 4.32. The number of amides is 1. The van der Waals surface area contributed by atoms with Crippen molar-refractivity contribution in [1.29, 1.82) is 0 Å². The van der Waals surface area contributed by atoms with E-state index < -0.39 is 0 Å². The zero-order valence-corrected chi connectivity index (χ0v) is 16.1. The van der Waals surface area contributed by atoms with E-state index in [2.05, 4.69) is 15.6 Å². The van der Waals surface area contributed by atoms with Crippen molar-refractivity contribution >= 4 is 34.1 Å². The first-order chi connectivity index (χ1) is 13.1. The number of pyridine rings is 1. The molecule has 6 heteroatoms. The van der Waals surface area contributed by atoms with E-state index in [4.69, 9.17) is 16.3 Å². The number of anilines is 1. The second-order valence-corrected chi connectivity index (χ2v) is 6.68. The van der Waals surface area contributed by atoms with Crippen molar-refractivity contribution in [3.63, 3.8) is 0 Å². The van der Waals surface area contributed by atoms with Crippen molar-refractivity contribution < 1.29 is 9.53 Å². The average molecular weight is 384 g/mol. The Morgan fingerprint density at radius 2 is 2.00 bits per heavy atom. The van der Waals surface area contributed by atoms with Crippen LogP contribution in [0.1, 0.15) is 22.3 Å². The van der Waals surface area contributed by atoms with Crippen LogP contribution in [0, 0.1) is 6.92 Å². The third-order valence-corrected chi connectivity index (χ3v) is 4.55. The average Bonchev–Trinajstić information content (AvgIpc) is 2.67. The summed E-state index contributed by atoms with van der Waals surface area (Å²) in [7, 11) is 1.62. The molecule has 0 atom stereocenters. The third kappa shape index (κ3) is 4.68. The first kappa shape index (κ1) is 19.0. The monoisotopic (exact) mass is 383 g/mol. The lowest BCUT2D eigenvalue weighted by atomic mass is 10.1. The maximum absolute atomic E-state index is 12.2. The van der Waals surface area contributed by atoms with Crippen molar-refractivity contribution in [3.05, 3.63) is 64.8 Å². The Hall–Kier alpha value is -2.79. The fourth-order valence-electron chi connectivity index (χ4n) is 2.91. The van der Waals surface area contributed by atoms with Gasteiger partial charge in [-0.05, 0) is 61.4 Å². The zero-order chi connectivity index (χ0) is 19.2. The van der Waals surface area contributed by atoms with Crippen LogP contribution in [0.2, 0.25) is 5.02 Å². The SMILES string of the molecule is COc1ccc(C(=O)NCCCNc2ccnc3cc(Cl)ccc23)cc1C. The van der Waals surface area contributed by atoms with Gasteiger partial charge in [0.2, 0.25) is 0 Å². The quantitative estimate of drug-likeness (QED) is 0.592. The van der Waals surface area contributed by atoms with Crippen molar-refractivity contribution in [2.45, 2.75) is 13.3 Å². The highest BCUT2D eigenvalue weighted by molar-refractivity contribution is 6.31. The summed E-state index contributed by atoms with van der Waals surface area (Å²) in [5, 5.41) is 8.04. The fraction of sp³-hybridized carbons (Fsp3) is 0.238. The summed E-state index contributed by atoms with van der Waals surface area (Å²) in [5.74, 6) is 0.700. The van der Waals surface area contributed by atoms with Crippen LogP contribution >= 0.6 is 11.6 Å². The minimum absolute atomic E-state index is 0.0789. The van der Waals surface area contributed by atoms with E-state index in [9.17, 15) is 4.79 Å². The van der Waals surface area contributed by atoms with Crippen LogP contribution in [-0.2, 0) is 0 Å². The molecule has 0 aliphatic heterocycles. The Morgan fingerprint density at radius 3 is 2.78 bits per heavy atom. The Bertz CT molecular complexity index is 959. The normalized spacial score (nSPS) is 10.6. The molecule has 1 amide bonds. The van der Waals surface area contributed by atoms with E-state index in [1.54, 1.807) is 19.4 Å². The van der Waals surface area contributed by atoms with Gasteiger partial charge in [-0.2, -0.15) is 0 Å². The van der Waals surface area contributed by atoms with Crippen LogP contribution in [0.25, 0.3) is 10.9 Å². The van der Waals surface area contributed by atoms with Gasteiger partial charge in [-0.25, -0.2) is 0 Å². The number of rotatable bonds is 7. The molecule has 2 aromatic carbocycles. The van der Waals surface area contributed by atoms with Gasteiger partial charge in [0.1, 0.15) is 5.75 Å².